The van der Waals surface area contributed by atoms with Crippen molar-refractivity contribution >= 4 is 66.8 Å². The molecule has 0 spiro atoms. The molecule has 0 radical (unpaired) electrons. The zero-order valence-electron chi connectivity index (χ0n) is 33.2. The summed E-state index contributed by atoms with van der Waals surface area (Å²) in [5.74, 6) is -1.55. The lowest BCUT2D eigenvalue weighted by molar-refractivity contribution is -0.137. The summed E-state index contributed by atoms with van der Waals surface area (Å²) in [5, 5.41) is 23.9. The molecule has 2 aromatic carbocycles. The second-order valence-electron chi connectivity index (χ2n) is 14.9. The molecule has 1 aliphatic rings. The molecular weight excluding hydrogens is 787 g/mol. The van der Waals surface area contributed by atoms with Gasteiger partial charge in [0.1, 0.15) is 33.7 Å². The van der Waals surface area contributed by atoms with E-state index in [9.17, 15) is 27.6 Å². The molecule has 312 valence electrons. The number of anilines is 2. The van der Waals surface area contributed by atoms with Gasteiger partial charge in [0.2, 0.25) is 11.8 Å². The van der Waals surface area contributed by atoms with Gasteiger partial charge in [-0.2, -0.15) is 0 Å². The molecule has 18 heteroatoms. The Morgan fingerprint density at radius 2 is 1.71 bits per heavy atom. The first-order valence-corrected chi connectivity index (χ1v) is 21.5. The minimum Gasteiger partial charge on any atom is -0.497 e. The average Bonchev–Trinajstić information content (AvgIpc) is 3.83. The third-order valence-corrected chi connectivity index (χ3v) is 11.5. The van der Waals surface area contributed by atoms with Crippen molar-refractivity contribution in [2.75, 3.05) is 24.3 Å². The van der Waals surface area contributed by atoms with E-state index < -0.39 is 51.4 Å². The van der Waals surface area contributed by atoms with Gasteiger partial charge >= 0.3 is 5.97 Å². The molecule has 0 bridgehead atoms. The van der Waals surface area contributed by atoms with E-state index in [1.165, 1.54) is 43.4 Å². The fraction of sp³-hybridized carbons (Fsp3) is 0.450. The van der Waals surface area contributed by atoms with Crippen molar-refractivity contribution in [3.63, 3.8) is 0 Å². The summed E-state index contributed by atoms with van der Waals surface area (Å²) < 4.78 is 40.9. The van der Waals surface area contributed by atoms with Crippen molar-refractivity contribution in [1.29, 1.82) is 0 Å². The number of nitrogens with zero attached hydrogens (tertiary/aromatic N) is 2. The largest absolute Gasteiger partial charge is 0.497 e. The van der Waals surface area contributed by atoms with E-state index in [4.69, 9.17) is 24.5 Å². The monoisotopic (exact) mass is 837 g/mol. The number of unbranched alkanes of at least 4 members (excludes halogenated alkanes) is 4. The minimum absolute atomic E-state index is 0.00463. The number of carbonyl (C=O) groups is 4. The molecule has 16 nitrogen and oxygen atoms in total. The minimum atomic E-state index is -4.48. The van der Waals surface area contributed by atoms with Gasteiger partial charge < -0.3 is 35.8 Å². The molecule has 0 saturated carbocycles. The average molecular weight is 838 g/mol. The number of aliphatic carboxylic acids is 1. The highest BCUT2D eigenvalue weighted by Crippen LogP contribution is 2.35. The normalized spacial score (nSPS) is 15.6. The Morgan fingerprint density at radius 1 is 0.983 bits per heavy atom. The first-order chi connectivity index (χ1) is 27.5. The first kappa shape index (κ1) is 43.8. The maximum Gasteiger partial charge on any atom is 0.303 e. The third-order valence-electron chi connectivity index (χ3n) is 9.33. The van der Waals surface area contributed by atoms with Crippen LogP contribution in [-0.4, -0.2) is 84.6 Å². The molecule has 2 atom stereocenters. The summed E-state index contributed by atoms with van der Waals surface area (Å²) in [6.07, 6.45) is 3.43. The molecule has 1 fully saturated rings. The highest BCUT2D eigenvalue weighted by Gasteiger charge is 2.38. The number of para-hydroxylation sites is 1. The molecule has 1 aliphatic heterocycles. The highest BCUT2D eigenvalue weighted by atomic mass is 32.2. The second kappa shape index (κ2) is 19.4. The van der Waals surface area contributed by atoms with E-state index in [1.807, 2.05) is 43.5 Å². The van der Waals surface area contributed by atoms with Crippen molar-refractivity contribution in [2.24, 2.45) is 0 Å². The standard InChI is InChI=1S/C40H51N7O9S2/c1-24(2)42-39-45-32(23-57-39)30-21-33(27-18-17-25(55-5)19-29(27)43-30)56-26-20-31(41-22-26)37(51)46-40(3,4)38(52)47-58(53,54)34-14-12-11-13-28(34)44-35(48)15-9-7-6-8-10-16-36(49)50/h11-14,17-19,21,23-24,26,31,41H,6-10,15-16,20,22H2,1-5H3,(H,42,45)(H,44,48)(H,46,51)(H,47,52)(H,49,50)/t26-,31+/m1/s1. The molecule has 4 aromatic rings. The van der Waals surface area contributed by atoms with Crippen LogP contribution in [0.15, 0.2) is 58.8 Å². The van der Waals surface area contributed by atoms with Crippen LogP contribution in [0.4, 0.5) is 10.8 Å². The Kier molecular flexibility index (Phi) is 14.7. The van der Waals surface area contributed by atoms with Crippen LogP contribution in [0, 0.1) is 0 Å². The number of ether oxygens (including phenoxy) is 2. The smallest absolute Gasteiger partial charge is 0.303 e. The zero-order chi connectivity index (χ0) is 42.0. The van der Waals surface area contributed by atoms with E-state index in [-0.39, 0.29) is 35.9 Å². The van der Waals surface area contributed by atoms with E-state index >= 15 is 0 Å². The summed E-state index contributed by atoms with van der Waals surface area (Å²) >= 11 is 1.47. The molecule has 5 rings (SSSR count). The van der Waals surface area contributed by atoms with E-state index in [0.29, 0.717) is 47.8 Å². The summed E-state index contributed by atoms with van der Waals surface area (Å²) in [4.78, 5) is 59.4. The fourth-order valence-electron chi connectivity index (χ4n) is 6.27. The number of carboxylic acids is 1. The number of hydrogen-bond acceptors (Lipinski definition) is 13. The fourth-order valence-corrected chi connectivity index (χ4v) is 8.40. The van der Waals surface area contributed by atoms with E-state index in [2.05, 4.69) is 26.0 Å². The Balaban J connectivity index is 1.19. The van der Waals surface area contributed by atoms with Gasteiger partial charge in [-0.3, -0.25) is 19.2 Å². The van der Waals surface area contributed by atoms with Gasteiger partial charge in [0.05, 0.1) is 30.0 Å². The summed E-state index contributed by atoms with van der Waals surface area (Å²) in [6.45, 7) is 7.18. The molecule has 0 unspecified atom stereocenters. The number of rotatable bonds is 20. The van der Waals surface area contributed by atoms with Crippen LogP contribution >= 0.6 is 11.3 Å². The lowest BCUT2D eigenvalue weighted by atomic mass is 10.0. The van der Waals surface area contributed by atoms with Crippen LogP contribution in [0.2, 0.25) is 0 Å². The zero-order valence-corrected chi connectivity index (χ0v) is 34.8. The molecular formula is C40H51N7O9S2. The number of aromatic nitrogens is 2. The van der Waals surface area contributed by atoms with Gasteiger partial charge in [0.25, 0.3) is 15.9 Å². The van der Waals surface area contributed by atoms with Gasteiger partial charge in [-0.25, -0.2) is 23.1 Å². The first-order valence-electron chi connectivity index (χ1n) is 19.2. The number of pyridine rings is 1. The molecule has 0 aliphatic carbocycles. The van der Waals surface area contributed by atoms with Crippen molar-refractivity contribution in [3.8, 4) is 22.9 Å². The molecule has 3 amide bonds. The number of hydrogen-bond donors (Lipinski definition) is 6. The number of fused-ring (bicyclic) bond motifs is 1. The molecule has 6 N–H and O–H groups in total. The number of carbonyl (C=O) groups excluding carboxylic acids is 3. The third kappa shape index (κ3) is 11.9. The highest BCUT2D eigenvalue weighted by molar-refractivity contribution is 7.90. The Hall–Kier alpha value is -5.33. The Bertz CT molecular complexity index is 2230. The van der Waals surface area contributed by atoms with Crippen LogP contribution in [0.5, 0.6) is 11.5 Å². The van der Waals surface area contributed by atoms with Gasteiger partial charge in [-0.05, 0) is 64.8 Å². The van der Waals surface area contributed by atoms with Crippen molar-refractivity contribution < 1.29 is 42.2 Å². The van der Waals surface area contributed by atoms with E-state index in [0.717, 1.165) is 29.8 Å². The van der Waals surface area contributed by atoms with Gasteiger partial charge in [0, 0.05) is 54.7 Å². The Labute approximate surface area is 342 Å². The van der Waals surface area contributed by atoms with Crippen molar-refractivity contribution in [3.05, 3.63) is 53.9 Å². The van der Waals surface area contributed by atoms with Gasteiger partial charge in [-0.15, -0.1) is 11.3 Å². The predicted octanol–water partition coefficient (Wildman–Crippen LogP) is 5.45. The SMILES string of the molecule is COc1ccc2c(O[C@H]3CN[C@H](C(=O)NC(C)(C)C(=O)NS(=O)(=O)c4ccccc4NC(=O)CCCCCCCC(=O)O)C3)cc(-c3csc(NC(C)C)n3)nc2c1. The number of sulfonamides is 1. The molecule has 2 aromatic heterocycles. The number of nitrogens with one attached hydrogen (secondary N) is 5. The lowest BCUT2D eigenvalue weighted by Gasteiger charge is -2.27. The molecule has 3 heterocycles. The van der Waals surface area contributed by atoms with Crippen LogP contribution < -0.4 is 35.5 Å². The van der Waals surface area contributed by atoms with Gasteiger partial charge in [-0.1, -0.05) is 31.4 Å². The maximum absolute atomic E-state index is 13.5. The number of thiazole rings is 1. The summed E-state index contributed by atoms with van der Waals surface area (Å²) in [7, 11) is -2.90. The summed E-state index contributed by atoms with van der Waals surface area (Å²) in [6, 6.07) is 12.5. The van der Waals surface area contributed by atoms with Crippen LogP contribution in [-0.2, 0) is 29.2 Å². The van der Waals surface area contributed by atoms with Crippen LogP contribution in [0.1, 0.15) is 79.1 Å². The molecule has 58 heavy (non-hydrogen) atoms. The summed E-state index contributed by atoms with van der Waals surface area (Å²) in [5.41, 5.74) is 0.277. The van der Waals surface area contributed by atoms with Crippen molar-refractivity contribution in [2.45, 2.75) is 108 Å². The number of benzene rings is 2. The topological polar surface area (TPSA) is 227 Å². The van der Waals surface area contributed by atoms with Crippen LogP contribution in [0.25, 0.3) is 22.3 Å². The quantitative estimate of drug-likeness (QED) is 0.0610. The van der Waals surface area contributed by atoms with Gasteiger partial charge in [0.15, 0.2) is 5.13 Å². The van der Waals surface area contributed by atoms with Crippen LogP contribution in [0.3, 0.4) is 0 Å². The number of methoxy groups -OCH3 is 1. The number of amides is 3. The number of carboxylic acid groups (broad SMARTS) is 1. The lowest BCUT2D eigenvalue weighted by Crippen LogP contribution is -2.58. The Morgan fingerprint density at radius 3 is 2.43 bits per heavy atom. The maximum atomic E-state index is 13.5. The van der Waals surface area contributed by atoms with Crippen molar-refractivity contribution in [1.82, 2.24) is 25.3 Å². The second-order valence-corrected chi connectivity index (χ2v) is 17.4. The molecule has 1 saturated heterocycles. The van der Waals surface area contributed by atoms with E-state index in [1.54, 1.807) is 13.2 Å². The predicted molar refractivity (Wildman–Crippen MR) is 222 cm³/mol.